The van der Waals surface area contributed by atoms with Gasteiger partial charge >= 0.3 is 0 Å². The molecule has 0 aliphatic rings. The molecule has 0 aliphatic heterocycles. The number of nitrogens with two attached hydrogens (primary N) is 1. The quantitative estimate of drug-likeness (QED) is 0.610. The molecule has 128 valence electrons. The fraction of sp³-hybridized carbons (Fsp3) is 0. The monoisotopic (exact) mass is 351 g/mol. The second kappa shape index (κ2) is 6.28. The maximum atomic E-state index is 14.2. The molecule has 3 heterocycles. The van der Waals surface area contributed by atoms with E-state index in [0.717, 1.165) is 10.7 Å². The molecule has 0 bridgehead atoms. The first kappa shape index (κ1) is 15.8. The van der Waals surface area contributed by atoms with Gasteiger partial charge in [0, 0.05) is 18.0 Å². The number of pyridine rings is 2. The van der Waals surface area contributed by atoms with Crippen LogP contribution in [0, 0.1) is 11.6 Å². The second-order valence-electron chi connectivity index (χ2n) is 5.36. The van der Waals surface area contributed by atoms with Gasteiger partial charge in [-0.3, -0.25) is 4.98 Å². The van der Waals surface area contributed by atoms with Crippen LogP contribution in [0.25, 0.3) is 28.3 Å². The Kier molecular flexibility index (Phi) is 3.81. The number of benzene rings is 1. The van der Waals surface area contributed by atoms with Crippen LogP contribution in [0.3, 0.4) is 0 Å². The normalized spacial score (nSPS) is 10.8. The average molecular weight is 351 g/mol. The molecule has 0 amide bonds. The molecule has 0 radical (unpaired) electrons. The number of nitrogen functional groups attached to an aromatic ring is 1. The zero-order valence-corrected chi connectivity index (χ0v) is 13.2. The lowest BCUT2D eigenvalue weighted by atomic mass is 10.1. The van der Waals surface area contributed by atoms with Gasteiger partial charge in [0.05, 0.1) is 11.3 Å². The van der Waals surface area contributed by atoms with Crippen molar-refractivity contribution in [2.45, 2.75) is 0 Å². The number of tetrazole rings is 1. The Bertz CT molecular complexity index is 1080. The van der Waals surface area contributed by atoms with Crippen LogP contribution in [0.1, 0.15) is 0 Å². The van der Waals surface area contributed by atoms with E-state index in [-0.39, 0.29) is 17.3 Å². The van der Waals surface area contributed by atoms with Gasteiger partial charge in [0.15, 0.2) is 17.5 Å². The van der Waals surface area contributed by atoms with Crippen LogP contribution < -0.4 is 5.73 Å². The van der Waals surface area contributed by atoms with E-state index < -0.39 is 11.6 Å². The SMILES string of the molecule is Nc1ncc(-c2ccccn2)cc1-c1nnnn1-c1cccc(F)c1F. The van der Waals surface area contributed by atoms with Crippen molar-refractivity contribution < 1.29 is 8.78 Å². The highest BCUT2D eigenvalue weighted by atomic mass is 19.2. The summed E-state index contributed by atoms with van der Waals surface area (Å²) >= 11 is 0. The molecule has 7 nitrogen and oxygen atoms in total. The van der Waals surface area contributed by atoms with Gasteiger partial charge in [0.1, 0.15) is 11.5 Å². The van der Waals surface area contributed by atoms with Gasteiger partial charge in [0.2, 0.25) is 0 Å². The standard InChI is InChI=1S/C17H11F2N7/c18-12-4-3-6-14(15(12)19)26-17(23-24-25-26)11-8-10(9-22-16(11)20)13-5-1-2-7-21-13/h1-9H,(H2,20,22). The maximum Gasteiger partial charge on any atom is 0.190 e. The van der Waals surface area contributed by atoms with Crippen LogP contribution in [-0.2, 0) is 0 Å². The molecule has 0 aliphatic carbocycles. The Morgan fingerprint density at radius 1 is 1.00 bits per heavy atom. The van der Waals surface area contributed by atoms with E-state index in [2.05, 4.69) is 25.5 Å². The molecule has 26 heavy (non-hydrogen) atoms. The van der Waals surface area contributed by atoms with Gasteiger partial charge in [-0.05, 0) is 40.8 Å². The van der Waals surface area contributed by atoms with E-state index in [1.807, 2.05) is 12.1 Å². The zero-order valence-electron chi connectivity index (χ0n) is 13.2. The minimum absolute atomic E-state index is 0.132. The Morgan fingerprint density at radius 3 is 2.69 bits per heavy atom. The van der Waals surface area contributed by atoms with Crippen molar-refractivity contribution in [2.75, 3.05) is 5.73 Å². The summed E-state index contributed by atoms with van der Waals surface area (Å²) in [6.45, 7) is 0. The molecule has 0 saturated carbocycles. The summed E-state index contributed by atoms with van der Waals surface area (Å²) in [7, 11) is 0. The number of halogens is 2. The van der Waals surface area contributed by atoms with E-state index >= 15 is 0 Å². The van der Waals surface area contributed by atoms with Crippen molar-refractivity contribution in [3.8, 4) is 28.3 Å². The molecule has 0 fully saturated rings. The molecule has 1 aromatic carbocycles. The Balaban J connectivity index is 1.88. The molecule has 9 heteroatoms. The summed E-state index contributed by atoms with van der Waals surface area (Å²) in [5.41, 5.74) is 7.57. The number of anilines is 1. The molecule has 3 aromatic heterocycles. The van der Waals surface area contributed by atoms with Gasteiger partial charge in [-0.1, -0.05) is 12.1 Å². The number of hydrogen-bond acceptors (Lipinski definition) is 6. The lowest BCUT2D eigenvalue weighted by molar-refractivity contribution is 0.501. The van der Waals surface area contributed by atoms with Crippen molar-refractivity contribution in [3.05, 3.63) is 66.5 Å². The van der Waals surface area contributed by atoms with Crippen LogP contribution in [-0.4, -0.2) is 30.2 Å². The van der Waals surface area contributed by atoms with Crippen molar-refractivity contribution >= 4 is 5.82 Å². The van der Waals surface area contributed by atoms with Crippen molar-refractivity contribution in [3.63, 3.8) is 0 Å². The van der Waals surface area contributed by atoms with Gasteiger partial charge < -0.3 is 5.73 Å². The fourth-order valence-electron chi connectivity index (χ4n) is 2.50. The Hall–Kier alpha value is -3.75. The highest BCUT2D eigenvalue weighted by Crippen LogP contribution is 2.29. The molecule has 0 spiro atoms. The van der Waals surface area contributed by atoms with Crippen LogP contribution in [0.15, 0.2) is 54.9 Å². The van der Waals surface area contributed by atoms with E-state index in [0.29, 0.717) is 16.8 Å². The summed E-state index contributed by atoms with van der Waals surface area (Å²) in [5, 5.41) is 11.2. The molecule has 4 aromatic rings. The average Bonchev–Trinajstić information content (AvgIpc) is 3.14. The number of hydrogen-bond donors (Lipinski definition) is 1. The lowest BCUT2D eigenvalue weighted by Crippen LogP contribution is -2.06. The lowest BCUT2D eigenvalue weighted by Gasteiger charge is -2.09. The number of rotatable bonds is 3. The number of aromatic nitrogens is 6. The van der Waals surface area contributed by atoms with Crippen LogP contribution in [0.4, 0.5) is 14.6 Å². The first-order valence-electron chi connectivity index (χ1n) is 7.55. The largest absolute Gasteiger partial charge is 0.383 e. The molecule has 0 atom stereocenters. The van der Waals surface area contributed by atoms with E-state index in [9.17, 15) is 8.78 Å². The third-order valence-corrected chi connectivity index (χ3v) is 3.75. The topological polar surface area (TPSA) is 95.4 Å². The van der Waals surface area contributed by atoms with Crippen molar-refractivity contribution in [1.29, 1.82) is 0 Å². The molecular formula is C17H11F2N7. The van der Waals surface area contributed by atoms with Crippen LogP contribution >= 0.6 is 0 Å². The summed E-state index contributed by atoms with van der Waals surface area (Å²) in [6.07, 6.45) is 3.22. The van der Waals surface area contributed by atoms with E-state index in [1.165, 1.54) is 12.1 Å². The fourth-order valence-corrected chi connectivity index (χ4v) is 2.50. The molecule has 0 saturated heterocycles. The van der Waals surface area contributed by atoms with Crippen molar-refractivity contribution in [2.24, 2.45) is 0 Å². The Labute approximate surface area is 146 Å². The highest BCUT2D eigenvalue weighted by Gasteiger charge is 2.19. The maximum absolute atomic E-state index is 14.2. The summed E-state index contributed by atoms with van der Waals surface area (Å²) < 4.78 is 28.8. The minimum Gasteiger partial charge on any atom is -0.383 e. The third-order valence-electron chi connectivity index (χ3n) is 3.75. The summed E-state index contributed by atoms with van der Waals surface area (Å²) in [5.74, 6) is -1.78. The molecule has 2 N–H and O–H groups in total. The Morgan fingerprint density at radius 2 is 1.88 bits per heavy atom. The van der Waals surface area contributed by atoms with E-state index in [4.69, 9.17) is 5.73 Å². The second-order valence-corrected chi connectivity index (χ2v) is 5.36. The highest BCUT2D eigenvalue weighted by molar-refractivity contribution is 5.75. The summed E-state index contributed by atoms with van der Waals surface area (Å²) in [4.78, 5) is 8.41. The molecule has 4 rings (SSSR count). The van der Waals surface area contributed by atoms with Gasteiger partial charge in [-0.15, -0.1) is 5.10 Å². The van der Waals surface area contributed by atoms with Crippen LogP contribution in [0.2, 0.25) is 0 Å². The molecular weight excluding hydrogens is 340 g/mol. The van der Waals surface area contributed by atoms with E-state index in [1.54, 1.807) is 24.5 Å². The smallest absolute Gasteiger partial charge is 0.190 e. The first-order chi connectivity index (χ1) is 12.6. The number of nitrogens with zero attached hydrogens (tertiary/aromatic N) is 6. The predicted molar refractivity (Wildman–Crippen MR) is 89.9 cm³/mol. The zero-order chi connectivity index (χ0) is 18.1. The summed E-state index contributed by atoms with van der Waals surface area (Å²) in [6, 6.07) is 10.9. The van der Waals surface area contributed by atoms with Crippen LogP contribution in [0.5, 0.6) is 0 Å². The van der Waals surface area contributed by atoms with Crippen molar-refractivity contribution in [1.82, 2.24) is 30.2 Å². The van der Waals surface area contributed by atoms with Gasteiger partial charge in [-0.25, -0.2) is 13.8 Å². The first-order valence-corrected chi connectivity index (χ1v) is 7.55. The van der Waals surface area contributed by atoms with Gasteiger partial charge in [0.25, 0.3) is 0 Å². The predicted octanol–water partition coefficient (Wildman–Crippen LogP) is 2.65. The van der Waals surface area contributed by atoms with Gasteiger partial charge in [-0.2, -0.15) is 4.68 Å². The molecule has 0 unspecified atom stereocenters. The third kappa shape index (κ3) is 2.65. The minimum atomic E-state index is -1.06.